The van der Waals surface area contributed by atoms with E-state index in [1.807, 2.05) is 30.3 Å². The summed E-state index contributed by atoms with van der Waals surface area (Å²) in [5, 5.41) is 15.5. The molecule has 5 aromatic rings. The summed E-state index contributed by atoms with van der Waals surface area (Å²) in [6.07, 6.45) is 2.71. The van der Waals surface area contributed by atoms with Gasteiger partial charge in [0.2, 0.25) is 5.88 Å². The van der Waals surface area contributed by atoms with Crippen LogP contribution in [0.3, 0.4) is 0 Å². The first-order chi connectivity index (χ1) is 18.0. The Morgan fingerprint density at radius 2 is 1.65 bits per heavy atom. The van der Waals surface area contributed by atoms with Gasteiger partial charge in [-0.1, -0.05) is 30.3 Å². The Labute approximate surface area is 211 Å². The van der Waals surface area contributed by atoms with Gasteiger partial charge in [-0.05, 0) is 67.6 Å². The van der Waals surface area contributed by atoms with E-state index in [0.29, 0.717) is 28.6 Å². The van der Waals surface area contributed by atoms with E-state index < -0.39 is 22.7 Å². The van der Waals surface area contributed by atoms with Gasteiger partial charge in [-0.3, -0.25) is 4.79 Å². The highest BCUT2D eigenvalue weighted by Crippen LogP contribution is 2.33. The Balaban J connectivity index is 1.57. The molecule has 0 radical (unpaired) electrons. The van der Waals surface area contributed by atoms with E-state index in [2.05, 4.69) is 5.10 Å². The van der Waals surface area contributed by atoms with Crippen LogP contribution in [0.5, 0.6) is 23.1 Å². The molecule has 0 saturated carbocycles. The number of fused-ring (bicyclic) bond motifs is 1. The third-order valence-corrected chi connectivity index (χ3v) is 5.77. The molecule has 0 fully saturated rings. The molecule has 5 rings (SSSR count). The van der Waals surface area contributed by atoms with Crippen molar-refractivity contribution in [2.45, 2.75) is 6.92 Å². The van der Waals surface area contributed by atoms with Crippen molar-refractivity contribution >= 4 is 22.8 Å². The number of para-hydroxylation sites is 2. The summed E-state index contributed by atoms with van der Waals surface area (Å²) in [4.78, 5) is 25.5. The first-order valence-electron chi connectivity index (χ1n) is 11.4. The second-order valence-electron chi connectivity index (χ2n) is 8.14. The summed E-state index contributed by atoms with van der Waals surface area (Å²) < 4.78 is 18.3. The molecular formula is C29H22N2O6. The van der Waals surface area contributed by atoms with Gasteiger partial charge in [-0.2, -0.15) is 9.78 Å². The monoisotopic (exact) mass is 494 g/mol. The minimum atomic E-state index is -0.919. The molecule has 0 aliphatic carbocycles. The predicted octanol–water partition coefficient (Wildman–Crippen LogP) is 5.69. The van der Waals surface area contributed by atoms with Crippen LogP contribution in [0, 0.1) is 6.92 Å². The highest BCUT2D eigenvalue weighted by atomic mass is 16.5. The lowest BCUT2D eigenvalue weighted by Crippen LogP contribution is -2.12. The number of aryl methyl sites for hydroxylation is 1. The number of hydrogen-bond acceptors (Lipinski definition) is 7. The minimum absolute atomic E-state index is 0.195. The smallest absolute Gasteiger partial charge is 0.351 e. The molecule has 8 nitrogen and oxygen atoms in total. The number of allylic oxidation sites excluding steroid dienone is 1. The fourth-order valence-corrected chi connectivity index (χ4v) is 3.90. The Morgan fingerprint density at radius 1 is 0.973 bits per heavy atom. The maximum Gasteiger partial charge on any atom is 0.351 e. The van der Waals surface area contributed by atoms with Gasteiger partial charge < -0.3 is 19.0 Å². The van der Waals surface area contributed by atoms with Crippen molar-refractivity contribution in [3.63, 3.8) is 0 Å². The average Bonchev–Trinajstić information content (AvgIpc) is 3.23. The summed E-state index contributed by atoms with van der Waals surface area (Å²) >= 11 is 0. The van der Waals surface area contributed by atoms with Crippen LogP contribution in [0.25, 0.3) is 22.7 Å². The summed E-state index contributed by atoms with van der Waals surface area (Å²) in [6, 6.07) is 22.9. The topological polar surface area (TPSA) is 104 Å². The van der Waals surface area contributed by atoms with Crippen LogP contribution >= 0.6 is 0 Å². The summed E-state index contributed by atoms with van der Waals surface area (Å²) in [6.45, 7) is 1.78. The van der Waals surface area contributed by atoms with E-state index >= 15 is 0 Å². The van der Waals surface area contributed by atoms with Crippen molar-refractivity contribution in [3.8, 4) is 28.8 Å². The number of ketones is 1. The first-order valence-corrected chi connectivity index (χ1v) is 11.4. The van der Waals surface area contributed by atoms with E-state index in [4.69, 9.17) is 13.9 Å². The fourth-order valence-electron chi connectivity index (χ4n) is 3.90. The van der Waals surface area contributed by atoms with Gasteiger partial charge in [0.15, 0.2) is 5.78 Å². The highest BCUT2D eigenvalue weighted by molar-refractivity contribution is 6.10. The molecule has 0 spiro atoms. The molecule has 37 heavy (non-hydrogen) atoms. The number of carbonyl (C=O) groups is 1. The largest absolute Gasteiger partial charge is 0.506 e. The Morgan fingerprint density at radius 3 is 2.38 bits per heavy atom. The second-order valence-corrected chi connectivity index (χ2v) is 8.14. The molecule has 0 aliphatic heterocycles. The second kappa shape index (κ2) is 9.87. The SMILES string of the molecule is COc1ccc(Oc2c(/C=C/C(=O)c3c(O)c4ccccc4oc3=O)c(C)nn2-c2ccccc2)cc1. The maximum atomic E-state index is 13.0. The fraction of sp³-hybridized carbons (Fsp3) is 0.0690. The van der Waals surface area contributed by atoms with Crippen LogP contribution < -0.4 is 15.1 Å². The molecule has 3 aromatic carbocycles. The number of benzene rings is 3. The minimum Gasteiger partial charge on any atom is -0.506 e. The lowest BCUT2D eigenvalue weighted by Gasteiger charge is -2.11. The number of aromatic hydroxyl groups is 1. The number of methoxy groups -OCH3 is 1. The maximum absolute atomic E-state index is 13.0. The number of aromatic nitrogens is 2. The molecular weight excluding hydrogens is 472 g/mol. The number of carbonyl (C=O) groups excluding carboxylic acids is 1. The Bertz CT molecular complexity index is 1680. The van der Waals surface area contributed by atoms with Crippen LogP contribution in [0.4, 0.5) is 0 Å². The number of ether oxygens (including phenoxy) is 2. The van der Waals surface area contributed by atoms with E-state index in [1.165, 1.54) is 12.2 Å². The van der Waals surface area contributed by atoms with Gasteiger partial charge in [0.25, 0.3) is 0 Å². The van der Waals surface area contributed by atoms with Crippen LogP contribution in [0.1, 0.15) is 21.6 Å². The molecule has 2 aromatic heterocycles. The predicted molar refractivity (Wildman–Crippen MR) is 139 cm³/mol. The van der Waals surface area contributed by atoms with Crippen molar-refractivity contribution < 1.29 is 23.8 Å². The average molecular weight is 495 g/mol. The molecule has 0 saturated heterocycles. The van der Waals surface area contributed by atoms with E-state index in [1.54, 1.807) is 67.2 Å². The van der Waals surface area contributed by atoms with E-state index in [9.17, 15) is 14.7 Å². The molecule has 1 N–H and O–H groups in total. The van der Waals surface area contributed by atoms with Crippen molar-refractivity contribution in [2.24, 2.45) is 0 Å². The van der Waals surface area contributed by atoms with E-state index in [0.717, 1.165) is 5.69 Å². The van der Waals surface area contributed by atoms with Gasteiger partial charge in [0, 0.05) is 0 Å². The zero-order valence-electron chi connectivity index (χ0n) is 20.0. The molecule has 0 aliphatic rings. The summed E-state index contributed by atoms with van der Waals surface area (Å²) in [7, 11) is 1.58. The first kappa shape index (κ1) is 23.6. The number of hydrogen-bond donors (Lipinski definition) is 1. The molecule has 8 heteroatoms. The van der Waals surface area contributed by atoms with Crippen LogP contribution in [0.2, 0.25) is 0 Å². The molecule has 0 atom stereocenters. The standard InChI is InChI=1S/C29H22N2O6/c1-18-22(16-17-24(32)26-27(33)23-10-6-7-11-25(23)37-29(26)34)28(31(30-18)19-8-4-3-5-9-19)36-21-14-12-20(35-2)13-15-21/h3-17,33H,1-2H3/b17-16+. The van der Waals surface area contributed by atoms with Gasteiger partial charge in [-0.15, -0.1) is 0 Å². The van der Waals surface area contributed by atoms with Gasteiger partial charge in [0.1, 0.15) is 28.4 Å². The summed E-state index contributed by atoms with van der Waals surface area (Å²) in [5.74, 6) is 0.450. The van der Waals surface area contributed by atoms with Crippen molar-refractivity contribution in [1.29, 1.82) is 0 Å². The quantitative estimate of drug-likeness (QED) is 0.176. The normalized spacial score (nSPS) is 11.2. The lowest BCUT2D eigenvalue weighted by molar-refractivity contribution is 0.104. The van der Waals surface area contributed by atoms with Crippen LogP contribution in [0.15, 0.2) is 94.2 Å². The number of rotatable bonds is 7. The third kappa shape index (κ3) is 4.60. The number of nitrogens with zero attached hydrogens (tertiary/aromatic N) is 2. The van der Waals surface area contributed by atoms with Gasteiger partial charge >= 0.3 is 5.63 Å². The van der Waals surface area contributed by atoms with Crippen molar-refractivity contribution in [2.75, 3.05) is 7.11 Å². The molecule has 0 amide bonds. The van der Waals surface area contributed by atoms with Crippen LogP contribution in [-0.4, -0.2) is 27.8 Å². The van der Waals surface area contributed by atoms with Crippen molar-refractivity contribution in [3.05, 3.63) is 112 Å². The molecule has 2 heterocycles. The molecule has 184 valence electrons. The lowest BCUT2D eigenvalue weighted by atomic mass is 10.1. The van der Waals surface area contributed by atoms with Gasteiger partial charge in [0.05, 0.1) is 29.4 Å². The molecule has 0 bridgehead atoms. The van der Waals surface area contributed by atoms with Crippen molar-refractivity contribution in [1.82, 2.24) is 9.78 Å². The van der Waals surface area contributed by atoms with Crippen LogP contribution in [-0.2, 0) is 0 Å². The highest BCUT2D eigenvalue weighted by Gasteiger charge is 2.21. The Hall–Kier alpha value is -5.11. The molecule has 0 unspecified atom stereocenters. The zero-order valence-corrected chi connectivity index (χ0v) is 20.0. The third-order valence-electron chi connectivity index (χ3n) is 5.77. The Kier molecular flexibility index (Phi) is 6.30. The van der Waals surface area contributed by atoms with E-state index in [-0.39, 0.29) is 11.0 Å². The zero-order chi connectivity index (χ0) is 25.9. The van der Waals surface area contributed by atoms with Gasteiger partial charge in [-0.25, -0.2) is 4.79 Å². The summed E-state index contributed by atoms with van der Waals surface area (Å²) in [5.41, 5.74) is 0.704.